The molecule has 0 unspecified atom stereocenters. The summed E-state index contributed by atoms with van der Waals surface area (Å²) in [6, 6.07) is 25.1. The van der Waals surface area contributed by atoms with Crippen LogP contribution in [0.2, 0.25) is 0 Å². The number of hydrogen-bond donors (Lipinski definition) is 0. The number of imidazole rings is 1. The summed E-state index contributed by atoms with van der Waals surface area (Å²) in [6.07, 6.45) is 2.02. The monoisotopic (exact) mass is 341 g/mol. The van der Waals surface area contributed by atoms with Crippen molar-refractivity contribution in [2.24, 2.45) is 5.10 Å². The van der Waals surface area contributed by atoms with E-state index in [1.165, 1.54) is 16.3 Å². The molecule has 120 valence electrons. The zero-order chi connectivity index (χ0) is 16.6. The van der Waals surface area contributed by atoms with Crippen molar-refractivity contribution in [1.29, 1.82) is 0 Å². The van der Waals surface area contributed by atoms with Crippen molar-refractivity contribution in [2.75, 3.05) is 5.75 Å². The highest BCUT2D eigenvalue weighted by atomic mass is 32.2. The molecule has 25 heavy (non-hydrogen) atoms. The van der Waals surface area contributed by atoms with Crippen LogP contribution in [0, 0.1) is 0 Å². The van der Waals surface area contributed by atoms with E-state index in [0.717, 1.165) is 27.9 Å². The molecule has 0 atom stereocenters. The van der Waals surface area contributed by atoms with Gasteiger partial charge in [0.05, 0.1) is 17.6 Å². The quantitative estimate of drug-likeness (QED) is 0.510. The van der Waals surface area contributed by atoms with Gasteiger partial charge in [0.1, 0.15) is 0 Å². The average Bonchev–Trinajstić information content (AvgIpc) is 3.11. The average molecular weight is 341 g/mol. The minimum Gasteiger partial charge on any atom is -0.221 e. The third-order valence-electron chi connectivity index (χ3n) is 4.39. The lowest BCUT2D eigenvalue weighted by molar-refractivity contribution is 0.757. The summed E-state index contributed by atoms with van der Waals surface area (Å²) in [5.74, 6) is 0.833. The van der Waals surface area contributed by atoms with Gasteiger partial charge in [-0.15, -0.1) is 0 Å². The molecule has 0 aliphatic carbocycles. The molecule has 0 amide bonds. The highest BCUT2D eigenvalue weighted by molar-refractivity contribution is 7.99. The fourth-order valence-corrected chi connectivity index (χ4v) is 4.04. The van der Waals surface area contributed by atoms with E-state index in [1.807, 2.05) is 29.1 Å². The Morgan fingerprint density at radius 3 is 2.56 bits per heavy atom. The van der Waals surface area contributed by atoms with Crippen molar-refractivity contribution < 1.29 is 0 Å². The fraction of sp³-hybridized carbons (Fsp3) is 0.0476. The van der Waals surface area contributed by atoms with Crippen LogP contribution in [0.25, 0.3) is 22.0 Å². The first kappa shape index (κ1) is 14.5. The second-order valence-corrected chi connectivity index (χ2v) is 6.92. The molecule has 2 heterocycles. The lowest BCUT2D eigenvalue weighted by atomic mass is 10.0. The standard InChI is InChI=1S/C21H15N3S/c1-2-8-16(9-3-1)19-13-24-21(22-19)25-14-20(23-24)18-12-6-10-15-7-4-5-11-17(15)18/h1-13H,14H2. The first-order valence-electron chi connectivity index (χ1n) is 8.22. The van der Waals surface area contributed by atoms with Crippen LogP contribution in [0.4, 0.5) is 0 Å². The van der Waals surface area contributed by atoms with Crippen molar-refractivity contribution in [3.05, 3.63) is 84.6 Å². The Morgan fingerprint density at radius 1 is 0.840 bits per heavy atom. The highest BCUT2D eigenvalue weighted by Crippen LogP contribution is 2.30. The topological polar surface area (TPSA) is 30.2 Å². The van der Waals surface area contributed by atoms with E-state index in [2.05, 4.69) is 54.6 Å². The summed E-state index contributed by atoms with van der Waals surface area (Å²) in [4.78, 5) is 4.73. The van der Waals surface area contributed by atoms with E-state index < -0.39 is 0 Å². The maximum Gasteiger partial charge on any atom is 0.189 e. The van der Waals surface area contributed by atoms with Gasteiger partial charge in [-0.05, 0) is 10.8 Å². The van der Waals surface area contributed by atoms with Crippen molar-refractivity contribution in [3.63, 3.8) is 0 Å². The Bertz CT molecular complexity index is 1090. The molecule has 0 bridgehead atoms. The van der Waals surface area contributed by atoms with Crippen LogP contribution in [0.1, 0.15) is 5.56 Å². The fourth-order valence-electron chi connectivity index (χ4n) is 3.17. The summed E-state index contributed by atoms with van der Waals surface area (Å²) in [5, 5.41) is 8.30. The SMILES string of the molecule is c1ccc(-c2cn3c(n2)SCC(c2cccc4ccccc24)=N3)cc1. The van der Waals surface area contributed by atoms with Gasteiger partial charge in [0.2, 0.25) is 0 Å². The Morgan fingerprint density at radius 2 is 1.64 bits per heavy atom. The molecule has 0 spiro atoms. The van der Waals surface area contributed by atoms with Crippen LogP contribution in [0.5, 0.6) is 0 Å². The zero-order valence-electron chi connectivity index (χ0n) is 13.5. The third-order valence-corrected chi connectivity index (χ3v) is 5.35. The minimum absolute atomic E-state index is 0.833. The van der Waals surface area contributed by atoms with Crippen molar-refractivity contribution in [1.82, 2.24) is 9.66 Å². The Hall–Kier alpha value is -2.85. The van der Waals surface area contributed by atoms with Gasteiger partial charge in [-0.1, -0.05) is 84.6 Å². The number of rotatable bonds is 2. The third kappa shape index (κ3) is 2.55. The normalized spacial score (nSPS) is 13.5. The van der Waals surface area contributed by atoms with Crippen LogP contribution in [0.3, 0.4) is 0 Å². The summed E-state index contributed by atoms with van der Waals surface area (Å²) in [7, 11) is 0. The smallest absolute Gasteiger partial charge is 0.189 e. The minimum atomic E-state index is 0.833. The van der Waals surface area contributed by atoms with Crippen LogP contribution < -0.4 is 0 Å². The molecule has 3 nitrogen and oxygen atoms in total. The molecule has 0 N–H and O–H groups in total. The zero-order valence-corrected chi connectivity index (χ0v) is 14.3. The molecule has 1 aliphatic heterocycles. The predicted molar refractivity (Wildman–Crippen MR) is 104 cm³/mol. The Kier molecular flexibility index (Phi) is 3.42. The second-order valence-electron chi connectivity index (χ2n) is 5.98. The van der Waals surface area contributed by atoms with Gasteiger partial charge < -0.3 is 0 Å². The molecule has 3 aromatic carbocycles. The summed E-state index contributed by atoms with van der Waals surface area (Å²) in [6.45, 7) is 0. The van der Waals surface area contributed by atoms with E-state index in [9.17, 15) is 0 Å². The van der Waals surface area contributed by atoms with Crippen LogP contribution in [-0.2, 0) is 0 Å². The highest BCUT2D eigenvalue weighted by Gasteiger charge is 2.18. The Labute approximate surface area is 150 Å². The molecule has 0 radical (unpaired) electrons. The molecule has 4 heteroatoms. The first-order chi connectivity index (χ1) is 12.4. The van der Waals surface area contributed by atoms with Gasteiger partial charge in [-0.3, -0.25) is 0 Å². The number of nitrogens with zero attached hydrogens (tertiary/aromatic N) is 3. The van der Waals surface area contributed by atoms with Gasteiger partial charge >= 0.3 is 0 Å². The van der Waals surface area contributed by atoms with Gasteiger partial charge in [-0.2, -0.15) is 5.10 Å². The van der Waals surface area contributed by atoms with E-state index in [1.54, 1.807) is 11.8 Å². The van der Waals surface area contributed by atoms with E-state index >= 15 is 0 Å². The van der Waals surface area contributed by atoms with Gasteiger partial charge in [0, 0.05) is 16.9 Å². The van der Waals surface area contributed by atoms with Crippen molar-refractivity contribution in [2.45, 2.75) is 5.16 Å². The van der Waals surface area contributed by atoms with E-state index in [-0.39, 0.29) is 0 Å². The number of aromatic nitrogens is 2. The maximum atomic E-state index is 4.86. The molecular formula is C21H15N3S. The maximum absolute atomic E-state index is 4.86. The van der Waals surface area contributed by atoms with Crippen molar-refractivity contribution >= 4 is 28.2 Å². The molecule has 0 saturated carbocycles. The molecule has 1 aromatic heterocycles. The predicted octanol–water partition coefficient (Wildman–Crippen LogP) is 5.06. The molecule has 5 rings (SSSR count). The molecular weight excluding hydrogens is 326 g/mol. The number of hydrogen-bond acceptors (Lipinski definition) is 3. The largest absolute Gasteiger partial charge is 0.221 e. The number of thioether (sulfide) groups is 1. The van der Waals surface area contributed by atoms with Crippen LogP contribution >= 0.6 is 11.8 Å². The first-order valence-corrected chi connectivity index (χ1v) is 9.21. The van der Waals surface area contributed by atoms with E-state index in [4.69, 9.17) is 10.1 Å². The molecule has 1 aliphatic rings. The lowest BCUT2D eigenvalue weighted by Gasteiger charge is -2.14. The summed E-state index contributed by atoms with van der Waals surface area (Å²) >= 11 is 1.74. The lowest BCUT2D eigenvalue weighted by Crippen LogP contribution is -2.13. The molecule has 4 aromatic rings. The molecule has 0 saturated heterocycles. The number of fused-ring (bicyclic) bond motifs is 2. The summed E-state index contributed by atoms with van der Waals surface area (Å²) in [5.41, 5.74) is 4.37. The van der Waals surface area contributed by atoms with Crippen LogP contribution in [0.15, 0.2) is 89.3 Å². The van der Waals surface area contributed by atoms with Gasteiger partial charge in [-0.25, -0.2) is 9.66 Å². The van der Waals surface area contributed by atoms with Crippen LogP contribution in [-0.4, -0.2) is 21.1 Å². The second kappa shape index (κ2) is 5.90. The van der Waals surface area contributed by atoms with Gasteiger partial charge in [0.15, 0.2) is 5.16 Å². The van der Waals surface area contributed by atoms with Gasteiger partial charge in [0.25, 0.3) is 0 Å². The van der Waals surface area contributed by atoms with E-state index in [0.29, 0.717) is 0 Å². The molecule has 0 fully saturated rings. The summed E-state index contributed by atoms with van der Waals surface area (Å²) < 4.78 is 1.91. The number of benzene rings is 3. The Balaban J connectivity index is 1.60. The van der Waals surface area contributed by atoms with Crippen molar-refractivity contribution in [3.8, 4) is 11.3 Å².